The summed E-state index contributed by atoms with van der Waals surface area (Å²) >= 11 is 0. The molecule has 0 aromatic heterocycles. The zero-order valence-corrected chi connectivity index (χ0v) is 30.2. The summed E-state index contributed by atoms with van der Waals surface area (Å²) in [5, 5.41) is 0. The second-order valence-electron chi connectivity index (χ2n) is 15.0. The van der Waals surface area contributed by atoms with Crippen LogP contribution >= 0.6 is 0 Å². The smallest absolute Gasteiger partial charge is 0.0162 e. The van der Waals surface area contributed by atoms with Crippen LogP contribution in [0.3, 0.4) is 0 Å². The van der Waals surface area contributed by atoms with Gasteiger partial charge in [-0.25, -0.2) is 0 Å². The molecule has 47 heavy (non-hydrogen) atoms. The highest BCUT2D eigenvalue weighted by atomic mass is 14.3. The Labute approximate surface area is 288 Å². The van der Waals surface area contributed by atoms with Crippen molar-refractivity contribution >= 4 is 0 Å². The van der Waals surface area contributed by atoms with Crippen molar-refractivity contribution in [3.05, 3.63) is 119 Å². The number of aryl methyl sites for hydroxylation is 2. The molecule has 0 atom stereocenters. The van der Waals surface area contributed by atoms with Crippen molar-refractivity contribution in [1.82, 2.24) is 0 Å². The van der Waals surface area contributed by atoms with E-state index in [1.807, 2.05) is 0 Å². The van der Waals surface area contributed by atoms with Crippen molar-refractivity contribution in [3.8, 4) is 22.3 Å². The third-order valence-electron chi connectivity index (χ3n) is 11.4. The average Bonchev–Trinajstić information content (AvgIpc) is 3.13. The van der Waals surface area contributed by atoms with Crippen LogP contribution in [0, 0.1) is 25.7 Å². The first-order valence-electron chi connectivity index (χ1n) is 19.4. The molecule has 2 aliphatic rings. The normalized spacial score (nSPS) is 21.1. The Kier molecular flexibility index (Phi) is 13.8. The van der Waals surface area contributed by atoms with Gasteiger partial charge < -0.3 is 0 Å². The summed E-state index contributed by atoms with van der Waals surface area (Å²) in [5.41, 5.74) is 11.1. The second kappa shape index (κ2) is 18.4. The summed E-state index contributed by atoms with van der Waals surface area (Å²) in [5.74, 6) is 3.58. The van der Waals surface area contributed by atoms with Crippen LogP contribution in [0.1, 0.15) is 144 Å². The van der Waals surface area contributed by atoms with E-state index in [4.69, 9.17) is 0 Å². The Morgan fingerprint density at radius 3 is 1.04 bits per heavy atom. The summed E-state index contributed by atoms with van der Waals surface area (Å²) in [6.45, 7) is 8.90. The van der Waals surface area contributed by atoms with Crippen LogP contribution in [-0.2, 0) is 0 Å². The first-order chi connectivity index (χ1) is 23.0. The minimum Gasteiger partial charge on any atom is -0.0654 e. The van der Waals surface area contributed by atoms with Crippen LogP contribution in [0.5, 0.6) is 0 Å². The second-order valence-corrected chi connectivity index (χ2v) is 15.0. The van der Waals surface area contributed by atoms with Gasteiger partial charge in [-0.05, 0) is 122 Å². The monoisotopic (exact) mass is 626 g/mol. The Morgan fingerprint density at radius 1 is 0.383 bits per heavy atom. The van der Waals surface area contributed by atoms with E-state index in [0.717, 1.165) is 23.7 Å². The topological polar surface area (TPSA) is 0 Å². The molecule has 0 aliphatic heterocycles. The van der Waals surface area contributed by atoms with Crippen molar-refractivity contribution in [1.29, 1.82) is 0 Å². The summed E-state index contributed by atoms with van der Waals surface area (Å²) < 4.78 is 0. The molecule has 0 N–H and O–H groups in total. The van der Waals surface area contributed by atoms with E-state index in [1.165, 1.54) is 130 Å². The summed E-state index contributed by atoms with van der Waals surface area (Å²) in [6.07, 6.45) is 21.2. The summed E-state index contributed by atoms with van der Waals surface area (Å²) in [4.78, 5) is 0. The molecular formula is C47H62. The SMILES string of the molecule is CCCCC1CCC(c2ccc(-c3ccc(C)cc3)cc2)CC1.CCCCCC1CCC(c2ccc(-c3ccc(C)cc3)cc2)CC1. The van der Waals surface area contributed by atoms with Crippen LogP contribution in [0.4, 0.5) is 0 Å². The lowest BCUT2D eigenvalue weighted by atomic mass is 9.77. The number of hydrogen-bond donors (Lipinski definition) is 0. The molecule has 2 saturated carbocycles. The van der Waals surface area contributed by atoms with Crippen LogP contribution in [-0.4, -0.2) is 0 Å². The molecule has 0 spiro atoms. The molecule has 4 aromatic carbocycles. The molecule has 4 aromatic rings. The lowest BCUT2D eigenvalue weighted by Crippen LogP contribution is -2.13. The maximum absolute atomic E-state index is 2.37. The largest absolute Gasteiger partial charge is 0.0654 e. The van der Waals surface area contributed by atoms with Gasteiger partial charge >= 0.3 is 0 Å². The quantitative estimate of drug-likeness (QED) is 0.145. The standard InChI is InChI=1S/C24H32.C23H30/c1-3-4-5-6-20-9-13-22(14-10-20)24-17-15-23(16-18-24)21-11-7-19(2)8-12-21;1-3-4-5-19-8-12-21(13-9-19)23-16-14-22(15-17-23)20-10-6-18(2)7-11-20/h7-8,11-12,15-18,20,22H,3-6,9-10,13-14H2,1-2H3;6-7,10-11,14-17,19,21H,3-5,8-9,12-13H2,1-2H3. The predicted octanol–water partition coefficient (Wildman–Crippen LogP) is 14.6. The van der Waals surface area contributed by atoms with Crippen molar-refractivity contribution in [2.45, 2.75) is 136 Å². The highest BCUT2D eigenvalue weighted by Crippen LogP contribution is 2.39. The third-order valence-corrected chi connectivity index (χ3v) is 11.4. The Hall–Kier alpha value is -3.12. The van der Waals surface area contributed by atoms with E-state index in [1.54, 1.807) is 11.1 Å². The highest BCUT2D eigenvalue weighted by molar-refractivity contribution is 5.65. The van der Waals surface area contributed by atoms with Gasteiger partial charge in [0.25, 0.3) is 0 Å². The number of benzene rings is 4. The van der Waals surface area contributed by atoms with Crippen molar-refractivity contribution in [2.24, 2.45) is 11.8 Å². The third kappa shape index (κ3) is 10.7. The van der Waals surface area contributed by atoms with Crippen LogP contribution in [0.2, 0.25) is 0 Å². The molecule has 0 nitrogen and oxygen atoms in total. The Balaban J connectivity index is 0.000000185. The van der Waals surface area contributed by atoms with Gasteiger partial charge in [0, 0.05) is 0 Å². The molecule has 6 rings (SSSR count). The van der Waals surface area contributed by atoms with Gasteiger partial charge in [0.05, 0.1) is 0 Å². The number of unbranched alkanes of at least 4 members (excludes halogenated alkanes) is 3. The van der Waals surface area contributed by atoms with E-state index in [9.17, 15) is 0 Å². The van der Waals surface area contributed by atoms with Crippen molar-refractivity contribution < 1.29 is 0 Å². The van der Waals surface area contributed by atoms with Gasteiger partial charge in [0.2, 0.25) is 0 Å². The molecule has 250 valence electrons. The molecule has 0 bridgehead atoms. The summed E-state index contributed by atoms with van der Waals surface area (Å²) in [6, 6.07) is 36.4. The fourth-order valence-electron chi connectivity index (χ4n) is 8.13. The van der Waals surface area contributed by atoms with E-state index >= 15 is 0 Å². The first kappa shape index (κ1) is 35.2. The van der Waals surface area contributed by atoms with E-state index < -0.39 is 0 Å². The maximum atomic E-state index is 2.37. The molecule has 2 aliphatic carbocycles. The fraction of sp³-hybridized carbons (Fsp3) is 0.489. The fourth-order valence-corrected chi connectivity index (χ4v) is 8.13. The van der Waals surface area contributed by atoms with E-state index in [0.29, 0.717) is 0 Å². The van der Waals surface area contributed by atoms with Gasteiger partial charge in [-0.15, -0.1) is 0 Å². The van der Waals surface area contributed by atoms with Gasteiger partial charge in [-0.2, -0.15) is 0 Å². The molecule has 0 heteroatoms. The van der Waals surface area contributed by atoms with Crippen molar-refractivity contribution in [3.63, 3.8) is 0 Å². The van der Waals surface area contributed by atoms with E-state index in [-0.39, 0.29) is 0 Å². The Bertz CT molecular complexity index is 1410. The maximum Gasteiger partial charge on any atom is -0.0162 e. The number of hydrogen-bond acceptors (Lipinski definition) is 0. The van der Waals surface area contributed by atoms with Crippen LogP contribution in [0.25, 0.3) is 22.3 Å². The zero-order chi connectivity index (χ0) is 32.8. The minimum absolute atomic E-state index is 0.791. The molecule has 0 saturated heterocycles. The molecule has 0 heterocycles. The predicted molar refractivity (Wildman–Crippen MR) is 206 cm³/mol. The van der Waals surface area contributed by atoms with Crippen LogP contribution in [0.15, 0.2) is 97.1 Å². The van der Waals surface area contributed by atoms with Gasteiger partial charge in [0.1, 0.15) is 0 Å². The molecule has 2 fully saturated rings. The lowest BCUT2D eigenvalue weighted by molar-refractivity contribution is 0.303. The van der Waals surface area contributed by atoms with Gasteiger partial charge in [0.15, 0.2) is 0 Å². The number of rotatable bonds is 11. The molecule has 0 unspecified atom stereocenters. The lowest BCUT2D eigenvalue weighted by Gasteiger charge is -2.29. The molecular weight excluding hydrogens is 565 g/mol. The molecule has 0 amide bonds. The van der Waals surface area contributed by atoms with Crippen molar-refractivity contribution in [2.75, 3.05) is 0 Å². The van der Waals surface area contributed by atoms with E-state index in [2.05, 4.69) is 125 Å². The summed E-state index contributed by atoms with van der Waals surface area (Å²) in [7, 11) is 0. The van der Waals surface area contributed by atoms with Gasteiger partial charge in [-0.1, -0.05) is 167 Å². The highest BCUT2D eigenvalue weighted by Gasteiger charge is 2.23. The molecule has 0 radical (unpaired) electrons. The minimum atomic E-state index is 0.791. The van der Waals surface area contributed by atoms with Crippen LogP contribution < -0.4 is 0 Å². The average molecular weight is 627 g/mol. The van der Waals surface area contributed by atoms with Gasteiger partial charge in [-0.3, -0.25) is 0 Å². The zero-order valence-electron chi connectivity index (χ0n) is 30.2. The Morgan fingerprint density at radius 2 is 0.702 bits per heavy atom. The first-order valence-corrected chi connectivity index (χ1v) is 19.4.